The predicted octanol–water partition coefficient (Wildman–Crippen LogP) is 0.833. The molecule has 0 radical (unpaired) electrons. The minimum absolute atomic E-state index is 0.0556. The van der Waals surface area contributed by atoms with Crippen LogP contribution in [0.25, 0.3) is 11.4 Å². The second-order valence-electron chi connectivity index (χ2n) is 3.91. The van der Waals surface area contributed by atoms with Gasteiger partial charge in [0.25, 0.3) is 0 Å². The van der Waals surface area contributed by atoms with E-state index in [0.717, 1.165) is 17.8 Å². The summed E-state index contributed by atoms with van der Waals surface area (Å²) < 4.78 is 1.82. The largest absolute Gasteiger partial charge is 0.376 e. The molecule has 1 aliphatic heterocycles. The van der Waals surface area contributed by atoms with Crippen LogP contribution in [0.15, 0.2) is 30.6 Å². The molecule has 1 unspecified atom stereocenters. The summed E-state index contributed by atoms with van der Waals surface area (Å²) in [7, 11) is 0. The SMILES string of the molecule is NC(=S)NC1Cc2ccccc2-c2ncnn21. The van der Waals surface area contributed by atoms with Crippen molar-refractivity contribution in [1.82, 2.24) is 20.1 Å². The van der Waals surface area contributed by atoms with E-state index in [0.29, 0.717) is 0 Å². The van der Waals surface area contributed by atoms with Gasteiger partial charge in [-0.1, -0.05) is 24.3 Å². The second kappa shape index (κ2) is 3.81. The van der Waals surface area contributed by atoms with Gasteiger partial charge in [-0.3, -0.25) is 0 Å². The van der Waals surface area contributed by atoms with Gasteiger partial charge >= 0.3 is 0 Å². The van der Waals surface area contributed by atoms with E-state index in [9.17, 15) is 0 Å². The molecule has 0 bridgehead atoms. The molecule has 0 amide bonds. The van der Waals surface area contributed by atoms with Crippen molar-refractivity contribution in [2.75, 3.05) is 0 Å². The molecule has 17 heavy (non-hydrogen) atoms. The van der Waals surface area contributed by atoms with E-state index in [1.165, 1.54) is 5.56 Å². The molecule has 0 fully saturated rings. The summed E-state index contributed by atoms with van der Waals surface area (Å²) in [6.07, 6.45) is 2.29. The molecule has 1 aromatic heterocycles. The number of nitrogens with two attached hydrogens (primary N) is 1. The average molecular weight is 245 g/mol. The summed E-state index contributed by atoms with van der Waals surface area (Å²) in [4.78, 5) is 4.28. The van der Waals surface area contributed by atoms with Gasteiger partial charge in [-0.25, -0.2) is 9.67 Å². The Morgan fingerprint density at radius 1 is 1.47 bits per heavy atom. The maximum atomic E-state index is 5.53. The number of nitrogens with zero attached hydrogens (tertiary/aromatic N) is 3. The molecule has 3 N–H and O–H groups in total. The third-order valence-electron chi connectivity index (χ3n) is 2.85. The highest BCUT2D eigenvalue weighted by Gasteiger charge is 2.25. The average Bonchev–Trinajstić information content (AvgIpc) is 2.78. The van der Waals surface area contributed by atoms with Crippen LogP contribution in [-0.2, 0) is 6.42 Å². The summed E-state index contributed by atoms with van der Waals surface area (Å²) >= 11 is 4.88. The number of fused-ring (bicyclic) bond motifs is 3. The van der Waals surface area contributed by atoms with E-state index >= 15 is 0 Å². The second-order valence-corrected chi connectivity index (χ2v) is 4.35. The van der Waals surface area contributed by atoms with Gasteiger partial charge in [0.15, 0.2) is 10.9 Å². The van der Waals surface area contributed by atoms with Crippen LogP contribution in [0.4, 0.5) is 0 Å². The first-order valence-electron chi connectivity index (χ1n) is 5.29. The molecule has 3 rings (SSSR count). The Bertz CT molecular complexity index is 577. The molecular weight excluding hydrogens is 234 g/mol. The van der Waals surface area contributed by atoms with E-state index in [1.54, 1.807) is 6.33 Å². The highest BCUT2D eigenvalue weighted by atomic mass is 32.1. The number of thiocarbonyl (C=S) groups is 1. The fraction of sp³-hybridized carbons (Fsp3) is 0.182. The maximum Gasteiger partial charge on any atom is 0.165 e. The molecule has 1 atom stereocenters. The molecule has 6 heteroatoms. The first-order chi connectivity index (χ1) is 8.25. The number of nitrogens with one attached hydrogen (secondary N) is 1. The molecule has 0 aliphatic carbocycles. The predicted molar refractivity (Wildman–Crippen MR) is 68.1 cm³/mol. The Kier molecular flexibility index (Phi) is 2.29. The highest BCUT2D eigenvalue weighted by molar-refractivity contribution is 7.80. The van der Waals surface area contributed by atoms with Gasteiger partial charge in [0.2, 0.25) is 0 Å². The van der Waals surface area contributed by atoms with Crippen LogP contribution in [0.5, 0.6) is 0 Å². The number of hydrogen-bond donors (Lipinski definition) is 2. The molecule has 2 aromatic rings. The molecule has 1 aromatic carbocycles. The zero-order valence-corrected chi connectivity index (χ0v) is 9.81. The van der Waals surface area contributed by atoms with E-state index in [-0.39, 0.29) is 11.3 Å². The monoisotopic (exact) mass is 245 g/mol. The zero-order chi connectivity index (χ0) is 11.8. The fourth-order valence-electron chi connectivity index (χ4n) is 2.16. The lowest BCUT2D eigenvalue weighted by Crippen LogP contribution is -2.39. The van der Waals surface area contributed by atoms with Crippen molar-refractivity contribution in [3.05, 3.63) is 36.2 Å². The molecule has 0 saturated carbocycles. The third-order valence-corrected chi connectivity index (χ3v) is 2.97. The number of hydrogen-bond acceptors (Lipinski definition) is 3. The van der Waals surface area contributed by atoms with Crippen LogP contribution in [0.1, 0.15) is 11.7 Å². The van der Waals surface area contributed by atoms with Gasteiger partial charge in [0.05, 0.1) is 0 Å². The molecule has 1 aliphatic rings. The van der Waals surface area contributed by atoms with Crippen LogP contribution in [0.3, 0.4) is 0 Å². The van der Waals surface area contributed by atoms with Crippen molar-refractivity contribution in [3.63, 3.8) is 0 Å². The van der Waals surface area contributed by atoms with Crippen molar-refractivity contribution in [2.24, 2.45) is 5.73 Å². The summed E-state index contributed by atoms with van der Waals surface area (Å²) in [5.41, 5.74) is 7.87. The van der Waals surface area contributed by atoms with E-state index in [1.807, 2.05) is 22.9 Å². The Balaban J connectivity index is 2.09. The molecular formula is C11H11N5S. The lowest BCUT2D eigenvalue weighted by atomic mass is 9.99. The van der Waals surface area contributed by atoms with Crippen LogP contribution < -0.4 is 11.1 Å². The van der Waals surface area contributed by atoms with Crippen molar-refractivity contribution >= 4 is 17.3 Å². The van der Waals surface area contributed by atoms with Gasteiger partial charge in [-0.05, 0) is 17.8 Å². The van der Waals surface area contributed by atoms with Crippen LogP contribution in [0, 0.1) is 0 Å². The molecule has 86 valence electrons. The van der Waals surface area contributed by atoms with Crippen molar-refractivity contribution in [1.29, 1.82) is 0 Å². The Morgan fingerprint density at radius 3 is 3.12 bits per heavy atom. The quantitative estimate of drug-likeness (QED) is 0.728. The maximum absolute atomic E-state index is 5.53. The minimum Gasteiger partial charge on any atom is -0.376 e. The zero-order valence-electron chi connectivity index (χ0n) is 9.00. The standard InChI is InChI=1S/C11H11N5S/c12-11(17)15-9-5-7-3-1-2-4-8(7)10-13-6-14-16(9)10/h1-4,6,9H,5H2,(H3,12,15,17). The minimum atomic E-state index is -0.0556. The summed E-state index contributed by atoms with van der Waals surface area (Å²) in [6, 6.07) is 8.15. The van der Waals surface area contributed by atoms with Gasteiger partial charge in [-0.15, -0.1) is 0 Å². The summed E-state index contributed by atoms with van der Waals surface area (Å²) in [6.45, 7) is 0. The van der Waals surface area contributed by atoms with E-state index in [2.05, 4.69) is 21.5 Å². The molecule has 2 heterocycles. The Morgan fingerprint density at radius 2 is 2.29 bits per heavy atom. The lowest BCUT2D eigenvalue weighted by molar-refractivity contribution is 0.419. The molecule has 0 saturated heterocycles. The number of rotatable bonds is 1. The number of benzene rings is 1. The van der Waals surface area contributed by atoms with Crippen LogP contribution in [0.2, 0.25) is 0 Å². The van der Waals surface area contributed by atoms with Crippen molar-refractivity contribution in [3.8, 4) is 11.4 Å². The van der Waals surface area contributed by atoms with Gasteiger partial charge in [-0.2, -0.15) is 5.10 Å². The van der Waals surface area contributed by atoms with Crippen molar-refractivity contribution < 1.29 is 0 Å². The first-order valence-corrected chi connectivity index (χ1v) is 5.70. The van der Waals surface area contributed by atoms with Gasteiger partial charge in [0, 0.05) is 12.0 Å². The Labute approximate surface area is 104 Å². The highest BCUT2D eigenvalue weighted by Crippen LogP contribution is 2.30. The normalized spacial score (nSPS) is 17.1. The summed E-state index contributed by atoms with van der Waals surface area (Å²) in [5.74, 6) is 0.848. The van der Waals surface area contributed by atoms with E-state index in [4.69, 9.17) is 18.0 Å². The topological polar surface area (TPSA) is 68.8 Å². The first kappa shape index (κ1) is 10.2. The van der Waals surface area contributed by atoms with Gasteiger partial charge < -0.3 is 11.1 Å². The van der Waals surface area contributed by atoms with E-state index < -0.39 is 0 Å². The third kappa shape index (κ3) is 1.66. The van der Waals surface area contributed by atoms with Crippen molar-refractivity contribution in [2.45, 2.75) is 12.6 Å². The summed E-state index contributed by atoms with van der Waals surface area (Å²) in [5, 5.41) is 7.53. The molecule has 0 spiro atoms. The van der Waals surface area contributed by atoms with Crippen LogP contribution in [-0.4, -0.2) is 19.9 Å². The lowest BCUT2D eigenvalue weighted by Gasteiger charge is -2.26. The van der Waals surface area contributed by atoms with Crippen LogP contribution >= 0.6 is 12.2 Å². The fourth-order valence-corrected chi connectivity index (χ4v) is 2.29. The smallest absolute Gasteiger partial charge is 0.165 e. The van der Waals surface area contributed by atoms with Gasteiger partial charge in [0.1, 0.15) is 12.5 Å². The molecule has 5 nitrogen and oxygen atoms in total. The Hall–Kier alpha value is -1.95. The number of aromatic nitrogens is 3.